The summed E-state index contributed by atoms with van der Waals surface area (Å²) in [6, 6.07) is 0. The highest BCUT2D eigenvalue weighted by Gasteiger charge is 2.29. The number of hydrogen-bond donors (Lipinski definition) is 0. The zero-order chi connectivity index (χ0) is 13.3. The Hall–Kier alpha value is 0.110. The third kappa shape index (κ3) is 7.93. The molecule has 4 nitrogen and oxygen atoms in total. The van der Waals surface area contributed by atoms with Crippen LogP contribution in [0.4, 0.5) is 0 Å². The average molecular weight is 266 g/mol. The topological polar surface area (TPSA) is 44.8 Å². The van der Waals surface area contributed by atoms with Crippen molar-refractivity contribution in [2.75, 3.05) is 13.2 Å². The highest BCUT2D eigenvalue weighted by molar-refractivity contribution is 7.48. The van der Waals surface area contributed by atoms with Crippen molar-refractivity contribution >= 4 is 7.82 Å². The molecule has 0 aromatic heterocycles. The van der Waals surface area contributed by atoms with Crippen LogP contribution >= 0.6 is 7.82 Å². The lowest BCUT2D eigenvalue weighted by atomic mass is 10.1. The maximum absolute atomic E-state index is 12.2. The Balaban J connectivity index is 4.20. The maximum atomic E-state index is 12.2. The molecule has 0 radical (unpaired) electrons. The molecular weight excluding hydrogens is 239 g/mol. The molecule has 0 saturated heterocycles. The zero-order valence-electron chi connectivity index (χ0n) is 11.8. The molecule has 5 heteroatoms. The summed E-state index contributed by atoms with van der Waals surface area (Å²) in [7, 11) is -3.37. The average Bonchev–Trinajstić information content (AvgIpc) is 2.24. The number of unbranched alkanes of at least 4 members (excludes halogenated alkanes) is 2. The minimum Gasteiger partial charge on any atom is -0.287 e. The molecule has 0 aromatic rings. The molecule has 0 aliphatic heterocycles. The van der Waals surface area contributed by atoms with Crippen LogP contribution in [0.3, 0.4) is 0 Å². The number of phosphoric acid groups is 1. The lowest BCUT2D eigenvalue weighted by molar-refractivity contribution is 0.0682. The molecule has 0 aromatic carbocycles. The third-order valence-corrected chi connectivity index (χ3v) is 4.18. The summed E-state index contributed by atoms with van der Waals surface area (Å²) in [5.41, 5.74) is 0. The first-order valence-corrected chi connectivity index (χ1v) is 7.98. The van der Waals surface area contributed by atoms with Crippen molar-refractivity contribution < 1.29 is 18.1 Å². The van der Waals surface area contributed by atoms with Crippen molar-refractivity contribution in [3.63, 3.8) is 0 Å². The second-order valence-corrected chi connectivity index (χ2v) is 6.08. The van der Waals surface area contributed by atoms with E-state index in [0.29, 0.717) is 13.2 Å². The molecule has 0 fully saturated rings. The molecule has 2 unspecified atom stereocenters. The summed E-state index contributed by atoms with van der Waals surface area (Å²) in [5, 5.41) is 0. The third-order valence-electron chi connectivity index (χ3n) is 2.52. The number of hydrogen-bond acceptors (Lipinski definition) is 4. The van der Waals surface area contributed by atoms with E-state index in [0.717, 1.165) is 19.3 Å². The number of rotatable bonds is 10. The molecule has 0 amide bonds. The van der Waals surface area contributed by atoms with Crippen LogP contribution in [-0.4, -0.2) is 19.3 Å². The van der Waals surface area contributed by atoms with Crippen LogP contribution in [0, 0.1) is 5.92 Å². The van der Waals surface area contributed by atoms with Gasteiger partial charge in [0.2, 0.25) is 0 Å². The minimum absolute atomic E-state index is 0.140. The van der Waals surface area contributed by atoms with Gasteiger partial charge in [-0.15, -0.1) is 0 Å². The van der Waals surface area contributed by atoms with Gasteiger partial charge in [0.1, 0.15) is 0 Å². The van der Waals surface area contributed by atoms with Gasteiger partial charge in [0.15, 0.2) is 0 Å². The van der Waals surface area contributed by atoms with Crippen molar-refractivity contribution in [1.82, 2.24) is 0 Å². The molecule has 104 valence electrons. The first-order valence-electron chi connectivity index (χ1n) is 6.52. The van der Waals surface area contributed by atoms with Crippen LogP contribution in [0.25, 0.3) is 0 Å². The molecular formula is C12H27O4P. The van der Waals surface area contributed by atoms with Crippen molar-refractivity contribution in [2.45, 2.75) is 60.0 Å². The predicted molar refractivity (Wildman–Crippen MR) is 70.1 cm³/mol. The van der Waals surface area contributed by atoms with E-state index in [9.17, 15) is 4.57 Å². The molecule has 0 rings (SSSR count). The normalized spacial score (nSPS) is 17.1. The highest BCUT2D eigenvalue weighted by Crippen LogP contribution is 2.51. The Morgan fingerprint density at radius 3 is 2.18 bits per heavy atom. The molecule has 2 atom stereocenters. The van der Waals surface area contributed by atoms with Crippen LogP contribution in [0.15, 0.2) is 0 Å². The van der Waals surface area contributed by atoms with E-state index < -0.39 is 7.82 Å². The molecule has 0 N–H and O–H groups in total. The minimum atomic E-state index is -3.37. The lowest BCUT2D eigenvalue weighted by Crippen LogP contribution is -2.16. The van der Waals surface area contributed by atoms with Crippen LogP contribution in [0.5, 0.6) is 0 Å². The fourth-order valence-corrected chi connectivity index (χ4v) is 2.63. The van der Waals surface area contributed by atoms with Gasteiger partial charge in [-0.05, 0) is 26.2 Å². The summed E-state index contributed by atoms with van der Waals surface area (Å²) < 4.78 is 28.1. The van der Waals surface area contributed by atoms with E-state index in [1.807, 2.05) is 20.8 Å². The van der Waals surface area contributed by atoms with Gasteiger partial charge in [-0.3, -0.25) is 13.6 Å². The van der Waals surface area contributed by atoms with Crippen molar-refractivity contribution in [2.24, 2.45) is 5.92 Å². The van der Waals surface area contributed by atoms with Crippen molar-refractivity contribution in [3.05, 3.63) is 0 Å². The molecule has 0 heterocycles. The second kappa shape index (κ2) is 9.09. The standard InChI is InChI=1S/C12H27O4P/c1-6-8-9-10-15-17(13,14-7-2)16-12(5)11(3)4/h11-12H,6-10H2,1-5H3. The Bertz CT molecular complexity index is 231. The van der Waals surface area contributed by atoms with E-state index in [4.69, 9.17) is 13.6 Å². The Labute approximate surface area is 106 Å². The Morgan fingerprint density at radius 2 is 1.71 bits per heavy atom. The van der Waals surface area contributed by atoms with Gasteiger partial charge in [-0.25, -0.2) is 4.57 Å². The first kappa shape index (κ1) is 17.1. The SMILES string of the molecule is CCCCCOP(=O)(OCC)OC(C)C(C)C. The van der Waals surface area contributed by atoms with Crippen LogP contribution in [-0.2, 0) is 18.1 Å². The van der Waals surface area contributed by atoms with E-state index in [-0.39, 0.29) is 12.0 Å². The quantitative estimate of drug-likeness (QED) is 0.434. The van der Waals surface area contributed by atoms with Crippen LogP contribution in [0.1, 0.15) is 53.9 Å². The first-order chi connectivity index (χ1) is 7.95. The fraction of sp³-hybridized carbons (Fsp3) is 1.00. The van der Waals surface area contributed by atoms with Gasteiger partial charge in [0, 0.05) is 0 Å². The fourth-order valence-electron chi connectivity index (χ4n) is 1.11. The van der Waals surface area contributed by atoms with Crippen molar-refractivity contribution in [3.8, 4) is 0 Å². The summed E-state index contributed by atoms with van der Waals surface area (Å²) in [5.74, 6) is 0.281. The highest BCUT2D eigenvalue weighted by atomic mass is 31.2. The monoisotopic (exact) mass is 266 g/mol. The number of phosphoric ester groups is 1. The predicted octanol–water partition coefficient (Wildman–Crippen LogP) is 4.40. The van der Waals surface area contributed by atoms with Gasteiger partial charge in [0.25, 0.3) is 0 Å². The Morgan fingerprint density at radius 1 is 1.06 bits per heavy atom. The molecule has 0 spiro atoms. The lowest BCUT2D eigenvalue weighted by Gasteiger charge is -2.23. The summed E-state index contributed by atoms with van der Waals surface area (Å²) >= 11 is 0. The maximum Gasteiger partial charge on any atom is 0.475 e. The van der Waals surface area contributed by atoms with E-state index in [2.05, 4.69) is 6.92 Å². The molecule has 0 aliphatic carbocycles. The van der Waals surface area contributed by atoms with Gasteiger partial charge in [0.05, 0.1) is 19.3 Å². The van der Waals surface area contributed by atoms with Gasteiger partial charge < -0.3 is 0 Å². The molecule has 0 bridgehead atoms. The van der Waals surface area contributed by atoms with E-state index in [1.54, 1.807) is 6.92 Å². The summed E-state index contributed by atoms with van der Waals surface area (Å²) in [6.07, 6.45) is 2.91. The summed E-state index contributed by atoms with van der Waals surface area (Å²) in [6.45, 7) is 10.6. The molecule has 0 saturated carbocycles. The molecule has 0 aliphatic rings. The van der Waals surface area contributed by atoms with Gasteiger partial charge in [-0.2, -0.15) is 0 Å². The van der Waals surface area contributed by atoms with Crippen LogP contribution in [0.2, 0.25) is 0 Å². The van der Waals surface area contributed by atoms with Gasteiger partial charge >= 0.3 is 7.82 Å². The second-order valence-electron chi connectivity index (χ2n) is 4.46. The van der Waals surface area contributed by atoms with E-state index in [1.165, 1.54) is 0 Å². The van der Waals surface area contributed by atoms with Crippen LogP contribution < -0.4 is 0 Å². The summed E-state index contributed by atoms with van der Waals surface area (Å²) in [4.78, 5) is 0. The van der Waals surface area contributed by atoms with E-state index >= 15 is 0 Å². The largest absolute Gasteiger partial charge is 0.475 e. The van der Waals surface area contributed by atoms with Gasteiger partial charge in [-0.1, -0.05) is 33.6 Å². The molecule has 17 heavy (non-hydrogen) atoms. The Kier molecular flexibility index (Phi) is 9.15. The smallest absolute Gasteiger partial charge is 0.287 e. The zero-order valence-corrected chi connectivity index (χ0v) is 12.7. The van der Waals surface area contributed by atoms with Crippen molar-refractivity contribution in [1.29, 1.82) is 0 Å².